The molecule has 0 aliphatic carbocycles. The van der Waals surface area contributed by atoms with E-state index in [-0.39, 0.29) is 11.5 Å². The number of pyridine rings is 1. The summed E-state index contributed by atoms with van der Waals surface area (Å²) in [4.78, 5) is 17.0. The van der Waals surface area contributed by atoms with Gasteiger partial charge in [0.25, 0.3) is 5.69 Å². The second-order valence-corrected chi connectivity index (χ2v) is 6.58. The summed E-state index contributed by atoms with van der Waals surface area (Å²) in [6, 6.07) is 18.4. The Kier molecular flexibility index (Phi) is 7.24. The van der Waals surface area contributed by atoms with Gasteiger partial charge in [-0.3, -0.25) is 20.0 Å². The number of ether oxygens (including phenoxy) is 1. The topological polar surface area (TPSA) is 68.5 Å². The van der Waals surface area contributed by atoms with Gasteiger partial charge in [-0.05, 0) is 35.9 Å². The van der Waals surface area contributed by atoms with E-state index in [0.717, 1.165) is 24.2 Å². The Balaban J connectivity index is 1.59. The molecule has 29 heavy (non-hydrogen) atoms. The largest absolute Gasteiger partial charge is 0.492 e. The molecule has 0 N–H and O–H groups in total. The lowest BCUT2D eigenvalue weighted by atomic mass is 10.2. The summed E-state index contributed by atoms with van der Waals surface area (Å²) in [6.45, 7) is 2.40. The van der Waals surface area contributed by atoms with E-state index >= 15 is 0 Å². The third kappa shape index (κ3) is 6.65. The summed E-state index contributed by atoms with van der Waals surface area (Å²) in [6.07, 6.45) is 2.55. The van der Waals surface area contributed by atoms with E-state index in [1.807, 2.05) is 18.2 Å². The molecular weight excluding hydrogens is 373 g/mol. The highest BCUT2D eigenvalue weighted by Crippen LogP contribution is 2.19. The van der Waals surface area contributed by atoms with E-state index in [1.54, 1.807) is 30.5 Å². The zero-order valence-electron chi connectivity index (χ0n) is 15.9. The van der Waals surface area contributed by atoms with Crippen molar-refractivity contribution >= 4 is 5.69 Å². The summed E-state index contributed by atoms with van der Waals surface area (Å²) in [5.41, 5.74) is 2.00. The normalized spacial score (nSPS) is 10.8. The molecule has 0 saturated heterocycles. The van der Waals surface area contributed by atoms with Crippen LogP contribution in [-0.4, -0.2) is 34.5 Å². The molecule has 1 heterocycles. The fourth-order valence-electron chi connectivity index (χ4n) is 2.92. The number of rotatable bonds is 10. The van der Waals surface area contributed by atoms with E-state index in [2.05, 4.69) is 9.88 Å². The molecular formula is C22H22FN3O3. The van der Waals surface area contributed by atoms with Gasteiger partial charge in [-0.2, -0.15) is 0 Å². The van der Waals surface area contributed by atoms with Crippen molar-refractivity contribution in [2.75, 3.05) is 19.7 Å². The number of halogens is 1. The zero-order valence-corrected chi connectivity index (χ0v) is 15.9. The number of nitro groups is 1. The Morgan fingerprint density at radius 1 is 1.03 bits per heavy atom. The first-order valence-electron chi connectivity index (χ1n) is 9.34. The van der Waals surface area contributed by atoms with Crippen LogP contribution in [0, 0.1) is 15.9 Å². The van der Waals surface area contributed by atoms with E-state index in [9.17, 15) is 14.5 Å². The molecule has 0 atom stereocenters. The van der Waals surface area contributed by atoms with Crippen LogP contribution in [0.4, 0.5) is 10.1 Å². The predicted octanol–water partition coefficient (Wildman–Crippen LogP) is 4.25. The van der Waals surface area contributed by atoms with E-state index in [1.165, 1.54) is 24.3 Å². The van der Waals surface area contributed by atoms with Gasteiger partial charge in [0.05, 0.1) is 11.0 Å². The molecule has 0 amide bonds. The maximum atomic E-state index is 13.2. The highest BCUT2D eigenvalue weighted by molar-refractivity contribution is 5.37. The maximum absolute atomic E-state index is 13.2. The molecule has 3 rings (SSSR count). The van der Waals surface area contributed by atoms with Crippen molar-refractivity contribution < 1.29 is 14.1 Å². The molecule has 0 aliphatic heterocycles. The van der Waals surface area contributed by atoms with Crippen molar-refractivity contribution in [1.29, 1.82) is 0 Å². The van der Waals surface area contributed by atoms with Crippen molar-refractivity contribution in [2.45, 2.75) is 13.0 Å². The Labute approximate surface area is 168 Å². The van der Waals surface area contributed by atoms with Crippen LogP contribution < -0.4 is 4.74 Å². The smallest absolute Gasteiger partial charge is 0.273 e. The van der Waals surface area contributed by atoms with Crippen LogP contribution in [0.2, 0.25) is 0 Å². The molecule has 2 aromatic carbocycles. The van der Waals surface area contributed by atoms with Crippen molar-refractivity contribution in [3.05, 3.63) is 100 Å². The predicted molar refractivity (Wildman–Crippen MR) is 108 cm³/mol. The first-order chi connectivity index (χ1) is 14.1. The number of nitrogens with zero attached hydrogens (tertiary/aromatic N) is 3. The molecule has 0 spiro atoms. The minimum atomic E-state index is -0.444. The van der Waals surface area contributed by atoms with Crippen LogP contribution >= 0.6 is 0 Å². The average Bonchev–Trinajstić information content (AvgIpc) is 2.74. The number of nitro benzene ring substituents is 1. The molecule has 0 unspecified atom stereocenters. The minimum Gasteiger partial charge on any atom is -0.492 e. The monoisotopic (exact) mass is 395 g/mol. The van der Waals surface area contributed by atoms with Crippen molar-refractivity contribution in [3.63, 3.8) is 0 Å². The lowest BCUT2D eigenvalue weighted by Crippen LogP contribution is -2.30. The second kappa shape index (κ2) is 10.3. The molecule has 150 valence electrons. The van der Waals surface area contributed by atoms with E-state index in [4.69, 9.17) is 4.74 Å². The van der Waals surface area contributed by atoms with Gasteiger partial charge in [0.2, 0.25) is 0 Å². The number of benzene rings is 2. The van der Waals surface area contributed by atoms with Crippen molar-refractivity contribution in [1.82, 2.24) is 9.88 Å². The summed E-state index contributed by atoms with van der Waals surface area (Å²) in [5.74, 6) is 0.202. The molecule has 0 saturated carbocycles. The Bertz CT molecular complexity index is 920. The first kappa shape index (κ1) is 20.4. The fourth-order valence-corrected chi connectivity index (χ4v) is 2.92. The summed E-state index contributed by atoms with van der Waals surface area (Å²) in [7, 11) is 0. The fraction of sp³-hybridized carbons (Fsp3) is 0.227. The average molecular weight is 395 g/mol. The number of aromatic nitrogens is 1. The Morgan fingerprint density at radius 2 is 1.86 bits per heavy atom. The number of non-ortho nitro benzene ring substituents is 1. The van der Waals surface area contributed by atoms with Crippen LogP contribution in [0.5, 0.6) is 5.75 Å². The first-order valence-corrected chi connectivity index (χ1v) is 9.34. The highest BCUT2D eigenvalue weighted by atomic mass is 19.1. The van der Waals surface area contributed by atoms with Gasteiger partial charge >= 0.3 is 0 Å². The number of hydrogen-bond donors (Lipinski definition) is 0. The summed E-state index contributed by atoms with van der Waals surface area (Å²) >= 11 is 0. The molecule has 0 bridgehead atoms. The lowest BCUT2D eigenvalue weighted by Gasteiger charge is -2.22. The van der Waals surface area contributed by atoms with Crippen LogP contribution in [0.1, 0.15) is 11.3 Å². The Morgan fingerprint density at radius 3 is 2.59 bits per heavy atom. The molecule has 0 fully saturated rings. The SMILES string of the molecule is O=[N+]([O-])c1cccc(OCCN(CCc2ccccn2)Cc2ccc(F)cc2)c1. The Hall–Kier alpha value is -3.32. The molecule has 0 radical (unpaired) electrons. The molecule has 7 heteroatoms. The minimum absolute atomic E-state index is 0.000760. The van der Waals surface area contributed by atoms with Gasteiger partial charge in [-0.25, -0.2) is 4.39 Å². The standard InChI is InChI=1S/C22H22FN3O3/c23-19-9-7-18(8-10-19)17-25(13-11-20-4-1-2-12-24-20)14-15-29-22-6-3-5-21(16-22)26(27)28/h1-10,12,16H,11,13-15,17H2. The van der Waals surface area contributed by atoms with Gasteiger partial charge < -0.3 is 4.74 Å². The third-order valence-corrected chi connectivity index (χ3v) is 4.43. The lowest BCUT2D eigenvalue weighted by molar-refractivity contribution is -0.384. The quantitative estimate of drug-likeness (QED) is 0.379. The molecule has 1 aromatic heterocycles. The zero-order chi connectivity index (χ0) is 20.5. The van der Waals surface area contributed by atoms with Gasteiger partial charge in [0, 0.05) is 44.0 Å². The molecule has 6 nitrogen and oxygen atoms in total. The second-order valence-electron chi connectivity index (χ2n) is 6.58. The van der Waals surface area contributed by atoms with Crippen LogP contribution in [-0.2, 0) is 13.0 Å². The van der Waals surface area contributed by atoms with Gasteiger partial charge in [0.15, 0.2) is 0 Å². The molecule has 3 aromatic rings. The van der Waals surface area contributed by atoms with Gasteiger partial charge in [-0.1, -0.05) is 24.3 Å². The highest BCUT2D eigenvalue weighted by Gasteiger charge is 2.10. The number of hydrogen-bond acceptors (Lipinski definition) is 5. The molecule has 0 aliphatic rings. The van der Waals surface area contributed by atoms with Gasteiger partial charge in [-0.15, -0.1) is 0 Å². The van der Waals surface area contributed by atoms with Crippen LogP contribution in [0.25, 0.3) is 0 Å². The van der Waals surface area contributed by atoms with Crippen molar-refractivity contribution in [3.8, 4) is 5.75 Å². The van der Waals surface area contributed by atoms with Crippen molar-refractivity contribution in [2.24, 2.45) is 0 Å². The summed E-state index contributed by atoms with van der Waals surface area (Å²) in [5, 5.41) is 10.9. The van der Waals surface area contributed by atoms with E-state index < -0.39 is 4.92 Å². The maximum Gasteiger partial charge on any atom is 0.273 e. The summed E-state index contributed by atoms with van der Waals surface area (Å²) < 4.78 is 18.9. The van der Waals surface area contributed by atoms with Gasteiger partial charge in [0.1, 0.15) is 18.2 Å². The van der Waals surface area contributed by atoms with Crippen LogP contribution in [0.3, 0.4) is 0 Å². The van der Waals surface area contributed by atoms with E-state index in [0.29, 0.717) is 25.4 Å². The third-order valence-electron chi connectivity index (χ3n) is 4.43. The van der Waals surface area contributed by atoms with Crippen LogP contribution in [0.15, 0.2) is 72.9 Å².